The third kappa shape index (κ3) is 3.82. The highest BCUT2D eigenvalue weighted by molar-refractivity contribution is 8.00. The Bertz CT molecular complexity index is 987. The average Bonchev–Trinajstić information content (AvgIpc) is 3.36. The molecule has 1 unspecified atom stereocenters. The van der Waals surface area contributed by atoms with Gasteiger partial charge in [-0.05, 0) is 38.3 Å². The number of carbonyl (C=O) groups excluding carboxylic acids is 1. The summed E-state index contributed by atoms with van der Waals surface area (Å²) in [7, 11) is 0. The number of amides is 1. The van der Waals surface area contributed by atoms with Crippen LogP contribution in [-0.4, -0.2) is 39.6 Å². The third-order valence-electron chi connectivity index (χ3n) is 4.80. The lowest BCUT2D eigenvalue weighted by Crippen LogP contribution is -2.36. The van der Waals surface area contributed by atoms with Gasteiger partial charge in [0, 0.05) is 24.0 Å². The lowest BCUT2D eigenvalue weighted by Gasteiger charge is -2.26. The molecule has 3 aromatic rings. The van der Waals surface area contributed by atoms with Crippen molar-refractivity contribution in [2.75, 3.05) is 18.8 Å². The third-order valence-corrected chi connectivity index (χ3v) is 6.81. The van der Waals surface area contributed by atoms with Crippen LogP contribution < -0.4 is 5.56 Å². The van der Waals surface area contributed by atoms with Gasteiger partial charge < -0.3 is 14.3 Å². The number of hydrogen-bond donors (Lipinski definition) is 1. The van der Waals surface area contributed by atoms with E-state index in [1.54, 1.807) is 12.3 Å². The standard InChI is InChI=1S/C19H21N3O3S2/c1-12(26-11-15(23)22-7-3-2-4-8-22)17-20-18(24)16-13(10-27-19(16)21-17)14-6-5-9-25-14/h5-6,9-10,12H,2-4,7-8,11H2,1H3,(H,20,21,24). The number of fused-ring (bicyclic) bond motifs is 1. The van der Waals surface area contributed by atoms with Gasteiger partial charge in [-0.15, -0.1) is 23.1 Å². The van der Waals surface area contributed by atoms with Crippen molar-refractivity contribution >= 4 is 39.2 Å². The van der Waals surface area contributed by atoms with Crippen LogP contribution in [0, 0.1) is 0 Å². The molecule has 0 spiro atoms. The normalized spacial score (nSPS) is 16.0. The van der Waals surface area contributed by atoms with Crippen LogP contribution in [0.1, 0.15) is 37.3 Å². The Morgan fingerprint density at radius 3 is 2.96 bits per heavy atom. The van der Waals surface area contributed by atoms with Crippen LogP contribution >= 0.6 is 23.1 Å². The molecule has 0 aliphatic carbocycles. The van der Waals surface area contributed by atoms with E-state index in [4.69, 9.17) is 4.42 Å². The van der Waals surface area contributed by atoms with E-state index in [0.717, 1.165) is 31.5 Å². The second-order valence-electron chi connectivity index (χ2n) is 6.65. The molecule has 1 N–H and O–H groups in total. The van der Waals surface area contributed by atoms with E-state index < -0.39 is 0 Å². The largest absolute Gasteiger partial charge is 0.464 e. The Labute approximate surface area is 165 Å². The van der Waals surface area contributed by atoms with Crippen molar-refractivity contribution in [2.24, 2.45) is 0 Å². The summed E-state index contributed by atoms with van der Waals surface area (Å²) in [6, 6.07) is 3.63. The van der Waals surface area contributed by atoms with Crippen LogP contribution in [0.25, 0.3) is 21.5 Å². The minimum Gasteiger partial charge on any atom is -0.464 e. The smallest absolute Gasteiger partial charge is 0.260 e. The number of nitrogens with one attached hydrogen (secondary N) is 1. The van der Waals surface area contributed by atoms with E-state index in [1.165, 1.54) is 29.5 Å². The number of thiophene rings is 1. The van der Waals surface area contributed by atoms with Crippen LogP contribution in [0.3, 0.4) is 0 Å². The van der Waals surface area contributed by atoms with Gasteiger partial charge >= 0.3 is 0 Å². The number of likely N-dealkylation sites (tertiary alicyclic amines) is 1. The van der Waals surface area contributed by atoms with Gasteiger partial charge in [-0.3, -0.25) is 9.59 Å². The van der Waals surface area contributed by atoms with Gasteiger partial charge in [0.05, 0.1) is 22.7 Å². The second-order valence-corrected chi connectivity index (χ2v) is 8.84. The monoisotopic (exact) mass is 403 g/mol. The number of piperidine rings is 1. The molecule has 8 heteroatoms. The van der Waals surface area contributed by atoms with Gasteiger partial charge in [0.1, 0.15) is 16.4 Å². The fraction of sp³-hybridized carbons (Fsp3) is 0.421. The van der Waals surface area contributed by atoms with Crippen molar-refractivity contribution in [3.63, 3.8) is 0 Å². The Hall–Kier alpha value is -2.06. The predicted octanol–water partition coefficient (Wildman–Crippen LogP) is 4.05. The van der Waals surface area contributed by atoms with E-state index >= 15 is 0 Å². The highest BCUT2D eigenvalue weighted by atomic mass is 32.2. The maximum Gasteiger partial charge on any atom is 0.260 e. The van der Waals surface area contributed by atoms with Crippen LogP contribution in [0.2, 0.25) is 0 Å². The minimum atomic E-state index is -0.169. The van der Waals surface area contributed by atoms with Gasteiger partial charge in [0.25, 0.3) is 5.56 Å². The quantitative estimate of drug-likeness (QED) is 0.695. The van der Waals surface area contributed by atoms with Gasteiger partial charge in [-0.1, -0.05) is 0 Å². The second kappa shape index (κ2) is 7.90. The predicted molar refractivity (Wildman–Crippen MR) is 109 cm³/mol. The van der Waals surface area contributed by atoms with Crippen molar-refractivity contribution in [3.8, 4) is 11.3 Å². The van der Waals surface area contributed by atoms with Crippen molar-refractivity contribution in [1.82, 2.24) is 14.9 Å². The van der Waals surface area contributed by atoms with Gasteiger partial charge in [-0.25, -0.2) is 4.98 Å². The van der Waals surface area contributed by atoms with E-state index in [9.17, 15) is 9.59 Å². The fourth-order valence-corrected chi connectivity index (χ4v) is 5.06. The first-order valence-electron chi connectivity index (χ1n) is 9.08. The van der Waals surface area contributed by atoms with Crippen LogP contribution in [0.5, 0.6) is 0 Å². The molecule has 1 saturated heterocycles. The summed E-state index contributed by atoms with van der Waals surface area (Å²) in [5.41, 5.74) is 0.596. The van der Waals surface area contributed by atoms with Crippen LogP contribution in [-0.2, 0) is 4.79 Å². The molecule has 4 rings (SSSR count). The number of furan rings is 1. The number of nitrogens with zero attached hydrogens (tertiary/aromatic N) is 2. The lowest BCUT2D eigenvalue weighted by atomic mass is 10.1. The molecule has 0 aromatic carbocycles. The van der Waals surface area contributed by atoms with Gasteiger partial charge in [0.15, 0.2) is 0 Å². The van der Waals surface area contributed by atoms with E-state index in [0.29, 0.717) is 27.6 Å². The molecule has 6 nitrogen and oxygen atoms in total. The summed E-state index contributed by atoms with van der Waals surface area (Å²) in [5, 5.41) is 2.39. The number of aromatic nitrogens is 2. The first kappa shape index (κ1) is 18.3. The van der Waals surface area contributed by atoms with Crippen molar-refractivity contribution in [1.29, 1.82) is 0 Å². The van der Waals surface area contributed by atoms with E-state index in [1.807, 2.05) is 23.3 Å². The Kier molecular flexibility index (Phi) is 5.36. The molecule has 27 heavy (non-hydrogen) atoms. The highest BCUT2D eigenvalue weighted by Gasteiger charge is 2.20. The molecule has 142 valence electrons. The molecule has 1 aliphatic heterocycles. The minimum absolute atomic E-state index is 0.0648. The summed E-state index contributed by atoms with van der Waals surface area (Å²) < 4.78 is 5.42. The van der Waals surface area contributed by atoms with Crippen LogP contribution in [0.15, 0.2) is 33.0 Å². The molecule has 1 amide bonds. The topological polar surface area (TPSA) is 79.2 Å². The maximum absolute atomic E-state index is 12.7. The molecule has 0 radical (unpaired) electrons. The van der Waals surface area contributed by atoms with Crippen molar-refractivity contribution < 1.29 is 9.21 Å². The Morgan fingerprint density at radius 1 is 1.41 bits per heavy atom. The number of carbonyl (C=O) groups is 1. The molecular weight excluding hydrogens is 382 g/mol. The Balaban J connectivity index is 1.50. The molecular formula is C19H21N3O3S2. The number of H-pyrrole nitrogens is 1. The first-order chi connectivity index (χ1) is 13.1. The first-order valence-corrected chi connectivity index (χ1v) is 11.0. The summed E-state index contributed by atoms with van der Waals surface area (Å²) in [5.74, 6) is 1.85. The fourth-order valence-electron chi connectivity index (χ4n) is 3.28. The lowest BCUT2D eigenvalue weighted by molar-refractivity contribution is -0.129. The highest BCUT2D eigenvalue weighted by Crippen LogP contribution is 2.33. The van der Waals surface area contributed by atoms with Crippen molar-refractivity contribution in [2.45, 2.75) is 31.4 Å². The molecule has 1 atom stereocenters. The molecule has 4 heterocycles. The summed E-state index contributed by atoms with van der Waals surface area (Å²) in [6.45, 7) is 3.69. The SMILES string of the molecule is CC(SCC(=O)N1CCCCC1)c1nc2scc(-c3ccco3)c2c(=O)[nH]1. The number of thioether (sulfide) groups is 1. The van der Waals surface area contributed by atoms with E-state index in [-0.39, 0.29) is 16.7 Å². The molecule has 0 bridgehead atoms. The molecule has 0 saturated carbocycles. The summed E-state index contributed by atoms with van der Waals surface area (Å²) >= 11 is 2.94. The zero-order valence-electron chi connectivity index (χ0n) is 15.1. The summed E-state index contributed by atoms with van der Waals surface area (Å²) in [6.07, 6.45) is 4.98. The van der Waals surface area contributed by atoms with Gasteiger partial charge in [0.2, 0.25) is 5.91 Å². The number of hydrogen-bond acceptors (Lipinski definition) is 6. The number of rotatable bonds is 5. The zero-order chi connectivity index (χ0) is 18.8. The molecule has 1 aliphatic rings. The molecule has 3 aromatic heterocycles. The van der Waals surface area contributed by atoms with Crippen LogP contribution in [0.4, 0.5) is 0 Å². The summed E-state index contributed by atoms with van der Waals surface area (Å²) in [4.78, 5) is 35.2. The van der Waals surface area contributed by atoms with Crippen molar-refractivity contribution in [3.05, 3.63) is 40.0 Å². The molecule has 1 fully saturated rings. The zero-order valence-corrected chi connectivity index (χ0v) is 16.7. The maximum atomic E-state index is 12.7. The van der Waals surface area contributed by atoms with E-state index in [2.05, 4.69) is 9.97 Å². The van der Waals surface area contributed by atoms with Gasteiger partial charge in [-0.2, -0.15) is 0 Å². The number of aromatic amines is 1. The Morgan fingerprint density at radius 2 is 2.22 bits per heavy atom. The average molecular weight is 404 g/mol.